The van der Waals surface area contributed by atoms with Crippen molar-refractivity contribution in [1.82, 2.24) is 4.90 Å². The maximum absolute atomic E-state index is 12.0. The molecule has 0 aromatic heterocycles. The van der Waals surface area contributed by atoms with Crippen molar-refractivity contribution in [1.29, 1.82) is 0 Å². The molecular weight excluding hydrogens is 274 g/mol. The number of likely N-dealkylation sites (N-methyl/N-ethyl adjacent to an activating group) is 1. The van der Waals surface area contributed by atoms with Crippen LogP contribution in [-0.2, 0) is 20.8 Å². The highest BCUT2D eigenvalue weighted by atomic mass is 16.4. The Morgan fingerprint density at radius 1 is 1.24 bits per heavy atom. The molecule has 0 fully saturated rings. The Labute approximate surface area is 122 Å². The fourth-order valence-electron chi connectivity index (χ4n) is 1.95. The molecule has 0 aliphatic carbocycles. The summed E-state index contributed by atoms with van der Waals surface area (Å²) in [6.45, 7) is 0. The predicted molar refractivity (Wildman–Crippen MR) is 76.1 cm³/mol. The van der Waals surface area contributed by atoms with Crippen LogP contribution in [-0.4, -0.2) is 46.9 Å². The molecule has 2 atom stereocenters. The topological polar surface area (TPSA) is 127 Å². The molecule has 1 aromatic carbocycles. The monoisotopic (exact) mass is 293 g/mol. The van der Waals surface area contributed by atoms with E-state index < -0.39 is 29.9 Å². The molecule has 7 heteroatoms. The fourth-order valence-corrected chi connectivity index (χ4v) is 1.95. The van der Waals surface area contributed by atoms with Crippen LogP contribution in [0.15, 0.2) is 30.3 Å². The zero-order valence-corrected chi connectivity index (χ0v) is 11.7. The lowest BCUT2D eigenvalue weighted by Crippen LogP contribution is -2.51. The molecule has 0 bridgehead atoms. The highest BCUT2D eigenvalue weighted by Gasteiger charge is 2.30. The Balaban J connectivity index is 2.82. The molecule has 21 heavy (non-hydrogen) atoms. The molecule has 114 valence electrons. The molecule has 1 aromatic rings. The van der Waals surface area contributed by atoms with Crippen molar-refractivity contribution in [3.05, 3.63) is 35.9 Å². The Morgan fingerprint density at radius 2 is 1.81 bits per heavy atom. The fraction of sp³-hybridized carbons (Fsp3) is 0.357. The van der Waals surface area contributed by atoms with Crippen LogP contribution in [0.2, 0.25) is 0 Å². The Hall–Kier alpha value is -2.41. The van der Waals surface area contributed by atoms with Crippen LogP contribution < -0.4 is 11.5 Å². The number of aliphatic carboxylic acids is 1. The van der Waals surface area contributed by atoms with Gasteiger partial charge in [-0.2, -0.15) is 0 Å². The number of amides is 2. The van der Waals surface area contributed by atoms with Crippen molar-refractivity contribution in [2.45, 2.75) is 24.9 Å². The Kier molecular flexibility index (Phi) is 5.86. The van der Waals surface area contributed by atoms with E-state index in [1.54, 1.807) is 24.3 Å². The summed E-state index contributed by atoms with van der Waals surface area (Å²) in [6.07, 6.45) is -0.164. The van der Waals surface area contributed by atoms with Crippen molar-refractivity contribution in [3.8, 4) is 0 Å². The molecular formula is C14H19N3O4. The van der Waals surface area contributed by atoms with Gasteiger partial charge in [-0.15, -0.1) is 0 Å². The van der Waals surface area contributed by atoms with Crippen molar-refractivity contribution in [2.24, 2.45) is 11.5 Å². The van der Waals surface area contributed by atoms with Crippen LogP contribution in [0.3, 0.4) is 0 Å². The van der Waals surface area contributed by atoms with Gasteiger partial charge >= 0.3 is 5.97 Å². The van der Waals surface area contributed by atoms with Crippen LogP contribution >= 0.6 is 0 Å². The highest BCUT2D eigenvalue weighted by Crippen LogP contribution is 2.10. The smallest absolute Gasteiger partial charge is 0.326 e. The summed E-state index contributed by atoms with van der Waals surface area (Å²) in [5, 5.41) is 9.29. The van der Waals surface area contributed by atoms with Gasteiger partial charge in [0.05, 0.1) is 12.5 Å². The van der Waals surface area contributed by atoms with Gasteiger partial charge in [-0.3, -0.25) is 9.59 Å². The van der Waals surface area contributed by atoms with E-state index in [0.29, 0.717) is 0 Å². The minimum atomic E-state index is -1.14. The van der Waals surface area contributed by atoms with Crippen LogP contribution in [0, 0.1) is 0 Å². The van der Waals surface area contributed by atoms with E-state index in [2.05, 4.69) is 0 Å². The lowest BCUT2D eigenvalue weighted by Gasteiger charge is -2.27. The van der Waals surface area contributed by atoms with Crippen LogP contribution in [0.25, 0.3) is 0 Å². The van der Waals surface area contributed by atoms with E-state index in [1.165, 1.54) is 7.05 Å². The molecule has 1 rings (SSSR count). The molecule has 0 aliphatic heterocycles. The molecule has 0 aliphatic rings. The molecule has 7 nitrogen and oxygen atoms in total. The largest absolute Gasteiger partial charge is 0.480 e. The number of nitrogens with two attached hydrogens (primary N) is 2. The Bertz CT molecular complexity index is 518. The lowest BCUT2D eigenvalue weighted by atomic mass is 10.0. The van der Waals surface area contributed by atoms with E-state index in [0.717, 1.165) is 10.5 Å². The first-order chi connectivity index (χ1) is 9.82. The number of carboxylic acid groups (broad SMARTS) is 1. The van der Waals surface area contributed by atoms with Crippen molar-refractivity contribution < 1.29 is 19.5 Å². The first-order valence-electron chi connectivity index (χ1n) is 6.40. The maximum Gasteiger partial charge on any atom is 0.326 e. The summed E-state index contributed by atoms with van der Waals surface area (Å²) in [6, 6.07) is 6.75. The second-order valence-electron chi connectivity index (χ2n) is 4.77. The van der Waals surface area contributed by atoms with Gasteiger partial charge in [-0.05, 0) is 5.56 Å². The number of nitrogens with zero attached hydrogens (tertiary/aromatic N) is 1. The molecule has 0 heterocycles. The maximum atomic E-state index is 12.0. The van der Waals surface area contributed by atoms with Gasteiger partial charge in [0, 0.05) is 13.5 Å². The average Bonchev–Trinajstić information content (AvgIpc) is 2.43. The van der Waals surface area contributed by atoms with Gasteiger partial charge in [-0.1, -0.05) is 30.3 Å². The molecule has 0 saturated heterocycles. The van der Waals surface area contributed by atoms with E-state index in [9.17, 15) is 19.5 Å². The molecule has 2 unspecified atom stereocenters. The zero-order chi connectivity index (χ0) is 16.0. The van der Waals surface area contributed by atoms with Gasteiger partial charge < -0.3 is 21.5 Å². The quantitative estimate of drug-likeness (QED) is 0.615. The van der Waals surface area contributed by atoms with E-state index >= 15 is 0 Å². The van der Waals surface area contributed by atoms with E-state index in [4.69, 9.17) is 11.5 Å². The second kappa shape index (κ2) is 7.39. The number of hydrogen-bond acceptors (Lipinski definition) is 4. The number of rotatable bonds is 7. The minimum Gasteiger partial charge on any atom is -0.480 e. The molecule has 0 spiro atoms. The Morgan fingerprint density at radius 3 is 2.29 bits per heavy atom. The van der Waals surface area contributed by atoms with Gasteiger partial charge in [0.2, 0.25) is 11.8 Å². The predicted octanol–water partition coefficient (Wildman–Crippen LogP) is -0.657. The summed E-state index contributed by atoms with van der Waals surface area (Å²) < 4.78 is 0. The first kappa shape index (κ1) is 16.6. The van der Waals surface area contributed by atoms with Gasteiger partial charge in [0.25, 0.3) is 0 Å². The third-order valence-electron chi connectivity index (χ3n) is 3.11. The minimum absolute atomic E-state index is 0.154. The highest BCUT2D eigenvalue weighted by molar-refractivity contribution is 5.90. The number of benzene rings is 1. The van der Waals surface area contributed by atoms with Crippen LogP contribution in [0.1, 0.15) is 12.0 Å². The summed E-state index contributed by atoms with van der Waals surface area (Å²) >= 11 is 0. The molecule has 0 saturated carbocycles. The number of hydrogen-bond donors (Lipinski definition) is 3. The van der Waals surface area contributed by atoms with Gasteiger partial charge in [0.1, 0.15) is 6.04 Å². The zero-order valence-electron chi connectivity index (χ0n) is 11.7. The lowest BCUT2D eigenvalue weighted by molar-refractivity contribution is -0.149. The van der Waals surface area contributed by atoms with Gasteiger partial charge in [0.15, 0.2) is 0 Å². The van der Waals surface area contributed by atoms with Crippen molar-refractivity contribution in [3.63, 3.8) is 0 Å². The summed E-state index contributed by atoms with van der Waals surface area (Å²) in [5.74, 6) is -2.47. The van der Waals surface area contributed by atoms with Gasteiger partial charge in [-0.25, -0.2) is 4.79 Å². The third kappa shape index (κ3) is 4.88. The number of carbonyl (C=O) groups is 3. The third-order valence-corrected chi connectivity index (χ3v) is 3.11. The number of carbonyl (C=O) groups excluding carboxylic acids is 2. The van der Waals surface area contributed by atoms with E-state index in [-0.39, 0.29) is 12.8 Å². The van der Waals surface area contributed by atoms with Crippen molar-refractivity contribution >= 4 is 17.8 Å². The average molecular weight is 293 g/mol. The first-order valence-corrected chi connectivity index (χ1v) is 6.40. The molecule has 2 amide bonds. The summed E-state index contributed by atoms with van der Waals surface area (Å²) in [7, 11) is 1.35. The molecule has 5 N–H and O–H groups in total. The van der Waals surface area contributed by atoms with Crippen LogP contribution in [0.4, 0.5) is 0 Å². The number of carboxylic acids is 1. The van der Waals surface area contributed by atoms with E-state index in [1.807, 2.05) is 6.07 Å². The standard InChI is InChI=1S/C14H19N3O4/c1-17(13(19)10(15)8-12(16)18)11(14(20)21)7-9-5-3-2-4-6-9/h2-6,10-11H,7-8,15H2,1H3,(H2,16,18)(H,20,21). The second-order valence-corrected chi connectivity index (χ2v) is 4.77. The van der Waals surface area contributed by atoms with Crippen LogP contribution in [0.5, 0.6) is 0 Å². The number of primary amides is 1. The summed E-state index contributed by atoms with van der Waals surface area (Å²) in [4.78, 5) is 35.2. The molecule has 0 radical (unpaired) electrons. The van der Waals surface area contributed by atoms with Crippen molar-refractivity contribution in [2.75, 3.05) is 7.05 Å². The normalized spacial score (nSPS) is 13.2. The SMILES string of the molecule is CN(C(=O)C(N)CC(N)=O)C(Cc1ccccc1)C(=O)O. The summed E-state index contributed by atoms with van der Waals surface area (Å²) in [5.41, 5.74) is 11.3.